The van der Waals surface area contributed by atoms with Gasteiger partial charge in [-0.3, -0.25) is 4.79 Å². The minimum Gasteiger partial charge on any atom is -0.481 e. The third-order valence-electron chi connectivity index (χ3n) is 2.33. The van der Waals surface area contributed by atoms with Crippen LogP contribution < -0.4 is 10.1 Å². The summed E-state index contributed by atoms with van der Waals surface area (Å²) in [5.74, 6) is -1.09. The normalized spacial score (nSPS) is 9.95. The van der Waals surface area contributed by atoms with E-state index in [1.165, 1.54) is 19.4 Å². The number of thiophene rings is 1. The van der Waals surface area contributed by atoms with E-state index in [9.17, 15) is 9.59 Å². The zero-order chi connectivity index (χ0) is 13.8. The van der Waals surface area contributed by atoms with Gasteiger partial charge in [0.25, 0.3) is 5.91 Å². The van der Waals surface area contributed by atoms with Gasteiger partial charge >= 0.3 is 5.97 Å². The molecule has 0 aromatic carbocycles. The molecule has 0 unspecified atom stereocenters. The predicted molar refractivity (Wildman–Crippen MR) is 70.0 cm³/mol. The van der Waals surface area contributed by atoms with Crippen LogP contribution in [0.4, 0.5) is 5.00 Å². The summed E-state index contributed by atoms with van der Waals surface area (Å²) < 4.78 is 4.89. The Hall–Kier alpha value is -2.41. The van der Waals surface area contributed by atoms with Gasteiger partial charge in [-0.15, -0.1) is 11.3 Å². The van der Waals surface area contributed by atoms with Gasteiger partial charge in [-0.25, -0.2) is 9.78 Å². The average Bonchev–Trinajstić information content (AvgIpc) is 2.87. The summed E-state index contributed by atoms with van der Waals surface area (Å²) in [7, 11) is 1.48. The van der Waals surface area contributed by atoms with Crippen LogP contribution in [0.15, 0.2) is 29.8 Å². The summed E-state index contributed by atoms with van der Waals surface area (Å²) in [6, 6.07) is 4.55. The van der Waals surface area contributed by atoms with Crippen molar-refractivity contribution in [1.29, 1.82) is 0 Å². The predicted octanol–water partition coefficient (Wildman–Crippen LogP) is 2.10. The molecule has 2 heterocycles. The summed E-state index contributed by atoms with van der Waals surface area (Å²) in [4.78, 5) is 26.7. The molecule has 98 valence electrons. The van der Waals surface area contributed by atoms with Crippen molar-refractivity contribution in [1.82, 2.24) is 4.98 Å². The Balaban J connectivity index is 2.16. The smallest absolute Gasteiger partial charge is 0.338 e. The molecule has 0 saturated carbocycles. The molecule has 0 aliphatic heterocycles. The summed E-state index contributed by atoms with van der Waals surface area (Å²) >= 11 is 1.15. The number of hydrogen-bond donors (Lipinski definition) is 2. The van der Waals surface area contributed by atoms with Gasteiger partial charge in [0.15, 0.2) is 0 Å². The van der Waals surface area contributed by atoms with Crippen LogP contribution in [0.25, 0.3) is 0 Å². The van der Waals surface area contributed by atoms with E-state index >= 15 is 0 Å². The van der Waals surface area contributed by atoms with Crippen LogP contribution in [-0.2, 0) is 0 Å². The van der Waals surface area contributed by atoms with Crippen molar-refractivity contribution in [2.75, 3.05) is 12.4 Å². The van der Waals surface area contributed by atoms with Crippen molar-refractivity contribution in [3.8, 4) is 5.88 Å². The minimum absolute atomic E-state index is 0.0693. The second-order valence-corrected chi connectivity index (χ2v) is 4.43. The molecule has 6 nitrogen and oxygen atoms in total. The highest BCUT2D eigenvalue weighted by atomic mass is 32.1. The number of aromatic carboxylic acids is 1. The molecule has 0 aliphatic carbocycles. The van der Waals surface area contributed by atoms with Crippen LogP contribution >= 0.6 is 11.3 Å². The number of hydrogen-bond acceptors (Lipinski definition) is 5. The largest absolute Gasteiger partial charge is 0.481 e. The lowest BCUT2D eigenvalue weighted by Gasteiger charge is -2.04. The van der Waals surface area contributed by atoms with Gasteiger partial charge in [-0.1, -0.05) is 0 Å². The van der Waals surface area contributed by atoms with E-state index in [0.29, 0.717) is 16.4 Å². The van der Waals surface area contributed by atoms with Crippen LogP contribution in [0.2, 0.25) is 0 Å². The first-order valence-electron chi connectivity index (χ1n) is 5.24. The van der Waals surface area contributed by atoms with Crippen LogP contribution in [0.3, 0.4) is 0 Å². The fourth-order valence-electron chi connectivity index (χ4n) is 1.39. The Labute approximate surface area is 112 Å². The molecule has 2 rings (SSSR count). The molecule has 19 heavy (non-hydrogen) atoms. The van der Waals surface area contributed by atoms with Crippen LogP contribution in [-0.4, -0.2) is 29.1 Å². The minimum atomic E-state index is -1.08. The Kier molecular flexibility index (Phi) is 3.76. The summed E-state index contributed by atoms with van der Waals surface area (Å²) in [5, 5.41) is 13.4. The third kappa shape index (κ3) is 2.89. The average molecular weight is 278 g/mol. The molecule has 1 amide bonds. The fraction of sp³-hybridized carbons (Fsp3) is 0.0833. The van der Waals surface area contributed by atoms with Crippen molar-refractivity contribution < 1.29 is 19.4 Å². The summed E-state index contributed by atoms with van der Waals surface area (Å²) in [5.41, 5.74) is 0.394. The van der Waals surface area contributed by atoms with Crippen LogP contribution in [0.5, 0.6) is 5.88 Å². The highest BCUT2D eigenvalue weighted by molar-refractivity contribution is 7.14. The Bertz CT molecular complexity index is 606. The first-order valence-corrected chi connectivity index (χ1v) is 6.12. The number of carboxylic acid groups (broad SMARTS) is 1. The third-order valence-corrected chi connectivity index (χ3v) is 3.16. The van der Waals surface area contributed by atoms with Gasteiger partial charge in [-0.05, 0) is 17.5 Å². The number of nitrogens with zero attached hydrogens (tertiary/aromatic N) is 1. The molecule has 2 N–H and O–H groups in total. The zero-order valence-electron chi connectivity index (χ0n) is 9.91. The van der Waals surface area contributed by atoms with Gasteiger partial charge in [-0.2, -0.15) is 0 Å². The van der Waals surface area contributed by atoms with Gasteiger partial charge < -0.3 is 15.2 Å². The molecule has 0 bridgehead atoms. The zero-order valence-corrected chi connectivity index (χ0v) is 10.7. The second kappa shape index (κ2) is 5.49. The first kappa shape index (κ1) is 13.0. The molecule has 7 heteroatoms. The fourth-order valence-corrected chi connectivity index (χ4v) is 2.16. The van der Waals surface area contributed by atoms with E-state index in [0.717, 1.165) is 11.3 Å². The van der Waals surface area contributed by atoms with E-state index in [-0.39, 0.29) is 5.56 Å². The molecule has 0 fully saturated rings. The number of carbonyl (C=O) groups is 2. The monoisotopic (exact) mass is 278 g/mol. The highest BCUT2D eigenvalue weighted by Gasteiger charge is 2.15. The standard InChI is InChI=1S/C12H10N2O4S/c1-18-9-3-2-7(6-13-9)10(15)14-11-8(12(16)17)4-5-19-11/h2-6H,1H3,(H,14,15)(H,16,17). The molecule has 0 spiro atoms. The molecule has 0 atom stereocenters. The van der Waals surface area contributed by atoms with E-state index in [4.69, 9.17) is 9.84 Å². The van der Waals surface area contributed by atoms with E-state index in [2.05, 4.69) is 10.3 Å². The quantitative estimate of drug-likeness (QED) is 0.894. The maximum absolute atomic E-state index is 11.9. The molecular formula is C12H10N2O4S. The first-order chi connectivity index (χ1) is 9.11. The van der Waals surface area contributed by atoms with Crippen molar-refractivity contribution in [2.45, 2.75) is 0 Å². The van der Waals surface area contributed by atoms with Crippen molar-refractivity contribution in [2.24, 2.45) is 0 Å². The molecule has 2 aromatic heterocycles. The van der Waals surface area contributed by atoms with Gasteiger partial charge in [0, 0.05) is 12.3 Å². The lowest BCUT2D eigenvalue weighted by atomic mass is 10.2. The maximum atomic E-state index is 11.9. The number of carboxylic acids is 1. The Morgan fingerprint density at radius 3 is 2.74 bits per heavy atom. The number of ether oxygens (including phenoxy) is 1. The van der Waals surface area contributed by atoms with Crippen molar-refractivity contribution in [3.63, 3.8) is 0 Å². The topological polar surface area (TPSA) is 88.5 Å². The Morgan fingerprint density at radius 2 is 2.16 bits per heavy atom. The lowest BCUT2D eigenvalue weighted by molar-refractivity contribution is 0.0698. The number of nitrogens with one attached hydrogen (secondary N) is 1. The number of rotatable bonds is 4. The molecular weight excluding hydrogens is 268 g/mol. The van der Waals surface area contributed by atoms with E-state index in [1.54, 1.807) is 17.5 Å². The molecule has 2 aromatic rings. The lowest BCUT2D eigenvalue weighted by Crippen LogP contribution is -2.13. The second-order valence-electron chi connectivity index (χ2n) is 3.51. The van der Waals surface area contributed by atoms with E-state index in [1.807, 2.05) is 0 Å². The molecule has 0 aliphatic rings. The molecule has 0 saturated heterocycles. The van der Waals surface area contributed by atoms with Crippen molar-refractivity contribution >= 4 is 28.2 Å². The number of aromatic nitrogens is 1. The van der Waals surface area contributed by atoms with Crippen molar-refractivity contribution in [3.05, 3.63) is 40.9 Å². The summed E-state index contributed by atoms with van der Waals surface area (Å²) in [6.45, 7) is 0. The van der Waals surface area contributed by atoms with Gasteiger partial charge in [0.2, 0.25) is 5.88 Å². The SMILES string of the molecule is COc1ccc(C(=O)Nc2sccc2C(=O)O)cn1. The Morgan fingerprint density at radius 1 is 1.37 bits per heavy atom. The number of amides is 1. The number of carbonyl (C=O) groups excluding carboxylic acids is 1. The van der Waals surface area contributed by atoms with Gasteiger partial charge in [0.1, 0.15) is 5.00 Å². The van der Waals surface area contributed by atoms with Gasteiger partial charge in [0.05, 0.1) is 18.2 Å². The number of methoxy groups -OCH3 is 1. The number of pyridine rings is 1. The molecule has 0 radical (unpaired) electrons. The number of anilines is 1. The summed E-state index contributed by atoms with van der Waals surface area (Å²) in [6.07, 6.45) is 1.36. The van der Waals surface area contributed by atoms with Crippen LogP contribution in [0, 0.1) is 0 Å². The van der Waals surface area contributed by atoms with E-state index < -0.39 is 11.9 Å². The highest BCUT2D eigenvalue weighted by Crippen LogP contribution is 2.23. The van der Waals surface area contributed by atoms with Crippen LogP contribution in [0.1, 0.15) is 20.7 Å². The maximum Gasteiger partial charge on any atom is 0.338 e.